The van der Waals surface area contributed by atoms with Crippen molar-refractivity contribution in [3.05, 3.63) is 29.8 Å². The summed E-state index contributed by atoms with van der Waals surface area (Å²) in [4.78, 5) is 6.29. The third-order valence-corrected chi connectivity index (χ3v) is 6.70. The van der Waals surface area contributed by atoms with Crippen LogP contribution in [0.4, 0.5) is 0 Å². The van der Waals surface area contributed by atoms with Gasteiger partial charge in [-0.25, -0.2) is 8.42 Å². The highest BCUT2D eigenvalue weighted by Crippen LogP contribution is 2.23. The van der Waals surface area contributed by atoms with Gasteiger partial charge in [-0.1, -0.05) is 12.1 Å². The molecule has 6 nitrogen and oxygen atoms in total. The van der Waals surface area contributed by atoms with Crippen LogP contribution in [-0.2, 0) is 16.4 Å². The Balaban J connectivity index is 0.00000288. The van der Waals surface area contributed by atoms with Crippen LogP contribution >= 0.6 is 24.0 Å². The Hall–Kier alpha value is -1.03. The lowest BCUT2D eigenvalue weighted by Crippen LogP contribution is -2.57. The number of hydrogen-bond donors (Lipinski definition) is 1. The molecule has 0 aromatic heterocycles. The van der Waals surface area contributed by atoms with Gasteiger partial charge in [-0.3, -0.25) is 4.99 Å². The average molecular weight is 467 g/mol. The van der Waals surface area contributed by atoms with Crippen molar-refractivity contribution in [1.82, 2.24) is 10.2 Å². The summed E-state index contributed by atoms with van der Waals surface area (Å²) < 4.78 is 28.6. The molecule has 0 aliphatic carbocycles. The van der Waals surface area contributed by atoms with E-state index < -0.39 is 14.6 Å². The summed E-state index contributed by atoms with van der Waals surface area (Å²) in [5.74, 6) is 1.70. The van der Waals surface area contributed by atoms with Gasteiger partial charge in [0.1, 0.15) is 5.75 Å². The molecule has 0 atom stereocenters. The van der Waals surface area contributed by atoms with Crippen molar-refractivity contribution in [2.75, 3.05) is 33.0 Å². The van der Waals surface area contributed by atoms with Gasteiger partial charge in [0.25, 0.3) is 0 Å². The van der Waals surface area contributed by atoms with Crippen LogP contribution in [0.5, 0.6) is 5.75 Å². The second-order valence-electron chi connectivity index (χ2n) is 6.25. The van der Waals surface area contributed by atoms with Gasteiger partial charge in [-0.2, -0.15) is 0 Å². The molecular formula is C16H26IN3O3S. The van der Waals surface area contributed by atoms with E-state index in [2.05, 4.69) is 10.3 Å². The van der Waals surface area contributed by atoms with Crippen LogP contribution in [0.25, 0.3) is 0 Å². The zero-order chi connectivity index (χ0) is 17.1. The molecule has 1 saturated heterocycles. The lowest BCUT2D eigenvalue weighted by Gasteiger charge is -2.39. The molecule has 0 spiro atoms. The van der Waals surface area contributed by atoms with E-state index in [4.69, 9.17) is 4.74 Å². The number of aliphatic imine (C=N–C) groups is 1. The Kier molecular flexibility index (Phi) is 7.33. The van der Waals surface area contributed by atoms with Gasteiger partial charge in [0.15, 0.2) is 15.8 Å². The summed E-state index contributed by atoms with van der Waals surface area (Å²) in [5.41, 5.74) is 1.11. The molecule has 1 fully saturated rings. The summed E-state index contributed by atoms with van der Waals surface area (Å²) in [5, 5.41) is 3.30. The average Bonchev–Trinajstić information content (AvgIpc) is 2.52. The maximum Gasteiger partial charge on any atom is 0.193 e. The SMILES string of the molecule is CN=C(NCc1ccc(OC)cc1)N1CCS(=O)(=O)C(C)(C)C1.I. The van der Waals surface area contributed by atoms with Crippen molar-refractivity contribution in [1.29, 1.82) is 0 Å². The number of hydrogen-bond acceptors (Lipinski definition) is 4. The minimum Gasteiger partial charge on any atom is -0.497 e. The molecule has 136 valence electrons. The number of guanidine groups is 1. The van der Waals surface area contributed by atoms with Crippen LogP contribution in [0.2, 0.25) is 0 Å². The number of ether oxygens (including phenoxy) is 1. The molecule has 1 aromatic carbocycles. The zero-order valence-electron chi connectivity index (χ0n) is 14.6. The first-order valence-electron chi connectivity index (χ1n) is 7.60. The van der Waals surface area contributed by atoms with E-state index in [1.807, 2.05) is 29.2 Å². The minimum atomic E-state index is -3.05. The van der Waals surface area contributed by atoms with Gasteiger partial charge < -0.3 is 15.0 Å². The Morgan fingerprint density at radius 3 is 2.46 bits per heavy atom. The lowest BCUT2D eigenvalue weighted by molar-refractivity contribution is 0.353. The van der Waals surface area contributed by atoms with Crippen LogP contribution in [-0.4, -0.2) is 57.0 Å². The van der Waals surface area contributed by atoms with E-state index in [-0.39, 0.29) is 29.7 Å². The van der Waals surface area contributed by atoms with Crippen LogP contribution in [0.15, 0.2) is 29.3 Å². The first-order chi connectivity index (χ1) is 10.8. The van der Waals surface area contributed by atoms with Crippen LogP contribution < -0.4 is 10.1 Å². The summed E-state index contributed by atoms with van der Waals surface area (Å²) in [6.07, 6.45) is 0. The third kappa shape index (κ3) is 4.75. The Bertz CT molecular complexity index is 672. The highest BCUT2D eigenvalue weighted by atomic mass is 127. The normalized spacial score (nSPS) is 19.3. The van der Waals surface area contributed by atoms with Gasteiger partial charge in [0.05, 0.1) is 17.6 Å². The number of nitrogens with zero attached hydrogens (tertiary/aromatic N) is 2. The fourth-order valence-corrected chi connectivity index (χ4v) is 3.95. The van der Waals surface area contributed by atoms with Crippen molar-refractivity contribution >= 4 is 39.8 Å². The van der Waals surface area contributed by atoms with E-state index in [1.54, 1.807) is 28.0 Å². The molecule has 2 rings (SSSR count). The van der Waals surface area contributed by atoms with Crippen molar-refractivity contribution < 1.29 is 13.2 Å². The summed E-state index contributed by atoms with van der Waals surface area (Å²) in [6.45, 7) is 5.07. The van der Waals surface area contributed by atoms with E-state index >= 15 is 0 Å². The monoisotopic (exact) mass is 467 g/mol. The highest BCUT2D eigenvalue weighted by Gasteiger charge is 2.40. The molecule has 1 aliphatic heterocycles. The standard InChI is InChI=1S/C16H25N3O3S.HI/c1-16(2)12-19(9-10-23(16,20)21)15(17-3)18-11-13-5-7-14(22-4)8-6-13;/h5-8H,9-12H2,1-4H3,(H,17,18);1H. The summed E-state index contributed by atoms with van der Waals surface area (Å²) in [6, 6.07) is 7.81. The molecule has 0 unspecified atom stereocenters. The van der Waals surface area contributed by atoms with E-state index in [9.17, 15) is 8.42 Å². The Morgan fingerprint density at radius 1 is 1.33 bits per heavy atom. The molecule has 1 heterocycles. The molecule has 1 N–H and O–H groups in total. The number of sulfone groups is 1. The van der Waals surface area contributed by atoms with E-state index in [0.717, 1.165) is 17.3 Å². The minimum absolute atomic E-state index is 0. The van der Waals surface area contributed by atoms with Crippen LogP contribution in [0.3, 0.4) is 0 Å². The smallest absolute Gasteiger partial charge is 0.193 e. The molecule has 0 radical (unpaired) electrons. The van der Waals surface area contributed by atoms with E-state index in [0.29, 0.717) is 19.6 Å². The molecule has 0 amide bonds. The molecule has 1 aromatic rings. The second-order valence-corrected chi connectivity index (χ2v) is 8.99. The lowest BCUT2D eigenvalue weighted by atomic mass is 10.2. The molecule has 0 bridgehead atoms. The second kappa shape index (κ2) is 8.37. The predicted octanol–water partition coefficient (Wildman–Crippen LogP) is 1.90. The summed E-state index contributed by atoms with van der Waals surface area (Å²) in [7, 11) is 0.306. The van der Waals surface area contributed by atoms with Gasteiger partial charge >= 0.3 is 0 Å². The molecular weight excluding hydrogens is 441 g/mol. The quantitative estimate of drug-likeness (QED) is 0.418. The fourth-order valence-electron chi connectivity index (χ4n) is 2.58. The van der Waals surface area contributed by atoms with Crippen LogP contribution in [0.1, 0.15) is 19.4 Å². The predicted molar refractivity (Wildman–Crippen MR) is 108 cm³/mol. The number of nitrogens with one attached hydrogen (secondary N) is 1. The fraction of sp³-hybridized carbons (Fsp3) is 0.562. The molecule has 8 heteroatoms. The molecule has 24 heavy (non-hydrogen) atoms. The van der Waals surface area contributed by atoms with Crippen molar-refractivity contribution in [2.45, 2.75) is 25.1 Å². The molecule has 1 aliphatic rings. The van der Waals surface area contributed by atoms with Gasteiger partial charge in [0, 0.05) is 26.7 Å². The molecule has 0 saturated carbocycles. The Morgan fingerprint density at radius 2 is 1.96 bits per heavy atom. The maximum atomic E-state index is 12.1. The highest BCUT2D eigenvalue weighted by molar-refractivity contribution is 14.0. The maximum absolute atomic E-state index is 12.1. The largest absolute Gasteiger partial charge is 0.497 e. The first-order valence-corrected chi connectivity index (χ1v) is 9.25. The number of rotatable bonds is 3. The van der Waals surface area contributed by atoms with Crippen molar-refractivity contribution in [2.24, 2.45) is 4.99 Å². The summed E-state index contributed by atoms with van der Waals surface area (Å²) >= 11 is 0. The first kappa shape index (κ1) is 21.0. The topological polar surface area (TPSA) is 71.0 Å². The van der Waals surface area contributed by atoms with Gasteiger partial charge in [-0.15, -0.1) is 24.0 Å². The zero-order valence-corrected chi connectivity index (χ0v) is 17.7. The van der Waals surface area contributed by atoms with Crippen molar-refractivity contribution in [3.8, 4) is 5.75 Å². The van der Waals surface area contributed by atoms with Gasteiger partial charge in [-0.05, 0) is 31.5 Å². The number of halogens is 1. The van der Waals surface area contributed by atoms with Crippen molar-refractivity contribution in [3.63, 3.8) is 0 Å². The Labute approximate surface area is 161 Å². The van der Waals surface area contributed by atoms with E-state index in [1.165, 1.54) is 0 Å². The van der Waals surface area contributed by atoms with Gasteiger partial charge in [0.2, 0.25) is 0 Å². The van der Waals surface area contributed by atoms with Crippen LogP contribution in [0, 0.1) is 0 Å². The third-order valence-electron chi connectivity index (χ3n) is 4.16. The number of methoxy groups -OCH3 is 1. The number of benzene rings is 1.